The van der Waals surface area contributed by atoms with E-state index in [9.17, 15) is 19.5 Å². The first-order valence-electron chi connectivity index (χ1n) is 8.19. The van der Waals surface area contributed by atoms with Crippen LogP contribution < -0.4 is 5.32 Å². The molecule has 0 spiro atoms. The summed E-state index contributed by atoms with van der Waals surface area (Å²) in [5.74, 6) is -1.69. The van der Waals surface area contributed by atoms with Crippen LogP contribution in [0.3, 0.4) is 0 Å². The molecule has 0 aliphatic carbocycles. The molecule has 10 nitrogen and oxygen atoms in total. The van der Waals surface area contributed by atoms with Crippen molar-refractivity contribution in [3.8, 4) is 0 Å². The number of benzene rings is 1. The molecule has 1 fully saturated rings. The first-order chi connectivity index (χ1) is 12.5. The van der Waals surface area contributed by atoms with Gasteiger partial charge in [0.05, 0.1) is 0 Å². The van der Waals surface area contributed by atoms with E-state index in [1.54, 1.807) is 18.2 Å². The average Bonchev–Trinajstić information content (AvgIpc) is 3.14. The van der Waals surface area contributed by atoms with Crippen LogP contribution in [0.2, 0.25) is 0 Å². The van der Waals surface area contributed by atoms with E-state index in [2.05, 4.69) is 20.8 Å². The van der Waals surface area contributed by atoms with Crippen LogP contribution in [0.15, 0.2) is 30.6 Å². The molecule has 1 aromatic carbocycles. The number of anilines is 1. The summed E-state index contributed by atoms with van der Waals surface area (Å²) in [4.78, 5) is 37.5. The molecule has 136 valence electrons. The Bertz CT molecular complexity index is 807. The highest BCUT2D eigenvalue weighted by molar-refractivity contribution is 5.98. The van der Waals surface area contributed by atoms with Gasteiger partial charge in [-0.25, -0.2) is 9.48 Å². The van der Waals surface area contributed by atoms with Crippen LogP contribution in [-0.2, 0) is 16.1 Å². The van der Waals surface area contributed by atoms with E-state index in [1.807, 2.05) is 0 Å². The average molecular weight is 358 g/mol. The van der Waals surface area contributed by atoms with Crippen LogP contribution in [0.5, 0.6) is 0 Å². The predicted octanol–water partition coefficient (Wildman–Crippen LogP) is 0.391. The Kier molecular flexibility index (Phi) is 5.20. The Morgan fingerprint density at radius 2 is 2.12 bits per heavy atom. The van der Waals surface area contributed by atoms with Gasteiger partial charge in [-0.15, -0.1) is 5.10 Å². The van der Waals surface area contributed by atoms with Crippen molar-refractivity contribution in [2.75, 3.05) is 11.9 Å². The van der Waals surface area contributed by atoms with Crippen LogP contribution in [0.4, 0.5) is 5.69 Å². The van der Waals surface area contributed by atoms with Crippen molar-refractivity contribution in [1.82, 2.24) is 25.1 Å². The van der Waals surface area contributed by atoms with Gasteiger partial charge < -0.3 is 15.3 Å². The van der Waals surface area contributed by atoms with Crippen molar-refractivity contribution in [2.24, 2.45) is 0 Å². The van der Waals surface area contributed by atoms with Gasteiger partial charge in [0.15, 0.2) is 0 Å². The summed E-state index contributed by atoms with van der Waals surface area (Å²) in [5.41, 5.74) is 0.774. The summed E-state index contributed by atoms with van der Waals surface area (Å²) in [6.45, 7) is 0.351. The second-order valence-electron chi connectivity index (χ2n) is 5.98. The molecule has 3 rings (SSSR count). The largest absolute Gasteiger partial charge is 0.480 e. The lowest BCUT2D eigenvalue weighted by Gasteiger charge is -2.33. The SMILES string of the molecule is O=C(Cn1cnnn1)Nc1cccc(C(=O)N2CCCCC2C(=O)O)c1. The van der Waals surface area contributed by atoms with E-state index in [0.29, 0.717) is 24.2 Å². The monoisotopic (exact) mass is 358 g/mol. The topological polar surface area (TPSA) is 130 Å². The lowest BCUT2D eigenvalue weighted by Crippen LogP contribution is -2.48. The lowest BCUT2D eigenvalue weighted by molar-refractivity contribution is -0.143. The number of carboxylic acid groups (broad SMARTS) is 1. The van der Waals surface area contributed by atoms with Crippen molar-refractivity contribution < 1.29 is 19.5 Å². The number of carbonyl (C=O) groups excluding carboxylic acids is 2. The van der Waals surface area contributed by atoms with Crippen LogP contribution in [0.25, 0.3) is 0 Å². The summed E-state index contributed by atoms with van der Waals surface area (Å²) in [7, 11) is 0. The second-order valence-corrected chi connectivity index (χ2v) is 5.98. The minimum absolute atomic E-state index is 0.0572. The van der Waals surface area contributed by atoms with Crippen LogP contribution in [0, 0.1) is 0 Å². The number of hydrogen-bond acceptors (Lipinski definition) is 6. The molecule has 0 saturated carbocycles. The fraction of sp³-hybridized carbons (Fsp3) is 0.375. The number of carbonyl (C=O) groups is 3. The van der Waals surface area contributed by atoms with E-state index in [0.717, 1.165) is 12.8 Å². The molecule has 1 atom stereocenters. The van der Waals surface area contributed by atoms with Gasteiger partial charge in [0, 0.05) is 17.8 Å². The van der Waals surface area contributed by atoms with Gasteiger partial charge in [0.1, 0.15) is 18.9 Å². The maximum absolute atomic E-state index is 12.7. The van der Waals surface area contributed by atoms with Gasteiger partial charge in [-0.2, -0.15) is 0 Å². The summed E-state index contributed by atoms with van der Waals surface area (Å²) in [6.07, 6.45) is 3.33. The Morgan fingerprint density at radius 1 is 1.27 bits per heavy atom. The molecule has 1 unspecified atom stereocenters. The lowest BCUT2D eigenvalue weighted by atomic mass is 10.0. The molecule has 1 aliphatic heterocycles. The molecule has 2 amide bonds. The fourth-order valence-electron chi connectivity index (χ4n) is 2.93. The number of likely N-dealkylation sites (tertiary alicyclic amines) is 1. The zero-order chi connectivity index (χ0) is 18.5. The number of aromatic nitrogens is 4. The third-order valence-electron chi connectivity index (χ3n) is 4.14. The van der Waals surface area contributed by atoms with E-state index < -0.39 is 12.0 Å². The van der Waals surface area contributed by atoms with Crippen molar-refractivity contribution in [3.05, 3.63) is 36.2 Å². The first-order valence-corrected chi connectivity index (χ1v) is 8.19. The van der Waals surface area contributed by atoms with Crippen LogP contribution in [0.1, 0.15) is 29.6 Å². The molecule has 2 aromatic rings. The van der Waals surface area contributed by atoms with Gasteiger partial charge in [0.2, 0.25) is 5.91 Å². The number of tetrazole rings is 1. The van der Waals surface area contributed by atoms with Gasteiger partial charge in [-0.1, -0.05) is 6.07 Å². The van der Waals surface area contributed by atoms with Crippen molar-refractivity contribution >= 4 is 23.5 Å². The maximum Gasteiger partial charge on any atom is 0.326 e. The molecule has 2 N–H and O–H groups in total. The maximum atomic E-state index is 12.7. The molecule has 1 saturated heterocycles. The van der Waals surface area contributed by atoms with Crippen LogP contribution in [-0.4, -0.2) is 60.6 Å². The molecule has 0 radical (unpaired) electrons. The molecule has 0 bridgehead atoms. The third kappa shape index (κ3) is 4.02. The summed E-state index contributed by atoms with van der Waals surface area (Å²) in [6, 6.07) is 5.62. The number of piperidine rings is 1. The van der Waals surface area contributed by atoms with Gasteiger partial charge in [-0.3, -0.25) is 9.59 Å². The molecular weight excluding hydrogens is 340 g/mol. The number of nitrogens with zero attached hydrogens (tertiary/aromatic N) is 5. The zero-order valence-electron chi connectivity index (χ0n) is 13.9. The highest BCUT2D eigenvalue weighted by atomic mass is 16.4. The normalized spacial score (nSPS) is 16.9. The van der Waals surface area contributed by atoms with Crippen molar-refractivity contribution in [3.63, 3.8) is 0 Å². The molecule has 10 heteroatoms. The minimum atomic E-state index is -0.996. The summed E-state index contributed by atoms with van der Waals surface area (Å²) < 4.78 is 1.27. The highest BCUT2D eigenvalue weighted by Gasteiger charge is 2.32. The van der Waals surface area contributed by atoms with Gasteiger partial charge in [0.25, 0.3) is 5.91 Å². The van der Waals surface area contributed by atoms with Crippen LogP contribution >= 0.6 is 0 Å². The van der Waals surface area contributed by atoms with E-state index in [4.69, 9.17) is 0 Å². The molecule has 1 aliphatic rings. The standard InChI is InChI=1S/C16H18N6O4/c23-14(9-21-10-17-19-20-21)18-12-5-3-4-11(8-12)15(24)22-7-2-1-6-13(22)16(25)26/h3-5,8,10,13H,1-2,6-7,9H2,(H,18,23)(H,25,26). The van der Waals surface area contributed by atoms with Gasteiger partial charge >= 0.3 is 5.97 Å². The van der Waals surface area contributed by atoms with Crippen molar-refractivity contribution in [1.29, 1.82) is 0 Å². The fourth-order valence-corrected chi connectivity index (χ4v) is 2.93. The van der Waals surface area contributed by atoms with E-state index in [1.165, 1.54) is 22.0 Å². The number of nitrogens with one attached hydrogen (secondary N) is 1. The van der Waals surface area contributed by atoms with Crippen molar-refractivity contribution in [2.45, 2.75) is 31.8 Å². The molecule has 2 heterocycles. The van der Waals surface area contributed by atoms with Gasteiger partial charge in [-0.05, 0) is 47.9 Å². The summed E-state index contributed by atoms with van der Waals surface area (Å²) >= 11 is 0. The molecular formula is C16H18N6O4. The Labute approximate surface area is 148 Å². The number of rotatable bonds is 5. The second kappa shape index (κ2) is 7.72. The summed E-state index contributed by atoms with van der Waals surface area (Å²) in [5, 5.41) is 22.5. The number of hydrogen-bond donors (Lipinski definition) is 2. The Morgan fingerprint density at radius 3 is 2.85 bits per heavy atom. The number of carboxylic acids is 1. The minimum Gasteiger partial charge on any atom is -0.480 e. The number of amides is 2. The third-order valence-corrected chi connectivity index (χ3v) is 4.14. The molecule has 26 heavy (non-hydrogen) atoms. The smallest absolute Gasteiger partial charge is 0.326 e. The zero-order valence-corrected chi connectivity index (χ0v) is 13.9. The Balaban J connectivity index is 1.70. The highest BCUT2D eigenvalue weighted by Crippen LogP contribution is 2.21. The first kappa shape index (κ1) is 17.5. The molecule has 1 aromatic heterocycles. The van der Waals surface area contributed by atoms with E-state index in [-0.39, 0.29) is 18.4 Å². The quantitative estimate of drug-likeness (QED) is 0.790. The van der Waals surface area contributed by atoms with E-state index >= 15 is 0 Å². The Hall–Kier alpha value is -3.30. The number of aliphatic carboxylic acids is 1. The predicted molar refractivity (Wildman–Crippen MR) is 89.2 cm³/mol.